The van der Waals surface area contributed by atoms with Gasteiger partial charge in [0.25, 0.3) is 0 Å². The Morgan fingerprint density at radius 2 is 2.05 bits per heavy atom. The van der Waals surface area contributed by atoms with Crippen molar-refractivity contribution in [3.63, 3.8) is 0 Å². The van der Waals surface area contributed by atoms with Gasteiger partial charge in [-0.2, -0.15) is 0 Å². The summed E-state index contributed by atoms with van der Waals surface area (Å²) in [5.41, 5.74) is -0.372. The number of amides is 1. The first kappa shape index (κ1) is 15.9. The predicted octanol–water partition coefficient (Wildman–Crippen LogP) is 0.165. The highest BCUT2D eigenvalue weighted by molar-refractivity contribution is 5.85. The molecule has 1 atom stereocenters. The summed E-state index contributed by atoms with van der Waals surface area (Å²) < 4.78 is 10.5. The molecule has 19 heavy (non-hydrogen) atoms. The van der Waals surface area contributed by atoms with Crippen molar-refractivity contribution in [3.05, 3.63) is 0 Å². The molecule has 0 radical (unpaired) electrons. The van der Waals surface area contributed by atoms with Crippen LogP contribution in [0.3, 0.4) is 0 Å². The third-order valence-corrected chi connectivity index (χ3v) is 2.75. The second-order valence-corrected chi connectivity index (χ2v) is 5.46. The third-order valence-electron chi connectivity index (χ3n) is 2.75. The van der Waals surface area contributed by atoms with Crippen molar-refractivity contribution in [2.24, 2.45) is 0 Å². The largest absolute Gasteiger partial charge is 0.464 e. The maximum Gasteiger partial charge on any atom is 0.330 e. The highest BCUT2D eigenvalue weighted by Gasteiger charge is 2.33. The fourth-order valence-corrected chi connectivity index (χ4v) is 1.81. The van der Waals surface area contributed by atoms with Gasteiger partial charge >= 0.3 is 5.97 Å². The molecule has 0 bridgehead atoms. The van der Waals surface area contributed by atoms with Gasteiger partial charge in [-0.15, -0.1) is 0 Å². The zero-order valence-electron chi connectivity index (χ0n) is 12.2. The Bertz CT molecular complexity index is 325. The summed E-state index contributed by atoms with van der Waals surface area (Å²) in [5, 5.41) is 3.10. The monoisotopic (exact) mass is 272 g/mol. The van der Waals surface area contributed by atoms with Crippen molar-refractivity contribution in [1.82, 2.24) is 10.2 Å². The molecule has 0 aromatic rings. The van der Waals surface area contributed by atoms with Crippen molar-refractivity contribution < 1.29 is 19.1 Å². The lowest BCUT2D eigenvalue weighted by atomic mass is 10.2. The smallest absolute Gasteiger partial charge is 0.330 e. The Morgan fingerprint density at radius 1 is 1.37 bits per heavy atom. The topological polar surface area (TPSA) is 67.9 Å². The number of rotatable bonds is 4. The van der Waals surface area contributed by atoms with Crippen molar-refractivity contribution >= 4 is 11.9 Å². The normalized spacial score (nSPS) is 20.2. The Balaban J connectivity index is 2.61. The van der Waals surface area contributed by atoms with Crippen molar-refractivity contribution in [3.8, 4) is 0 Å². The van der Waals surface area contributed by atoms with Crippen LogP contribution in [0.1, 0.15) is 27.7 Å². The molecule has 0 aromatic heterocycles. The number of hydrogen-bond acceptors (Lipinski definition) is 5. The van der Waals surface area contributed by atoms with Gasteiger partial charge in [-0.1, -0.05) is 0 Å². The fourth-order valence-electron chi connectivity index (χ4n) is 1.81. The maximum absolute atomic E-state index is 12.1. The molecular weight excluding hydrogens is 248 g/mol. The van der Waals surface area contributed by atoms with E-state index >= 15 is 0 Å². The lowest BCUT2D eigenvalue weighted by Crippen LogP contribution is -2.58. The van der Waals surface area contributed by atoms with Gasteiger partial charge in [-0.3, -0.25) is 4.79 Å². The van der Waals surface area contributed by atoms with Crippen LogP contribution in [0.4, 0.5) is 0 Å². The molecular formula is C13H24N2O4. The Hall–Kier alpha value is -1.14. The average molecular weight is 272 g/mol. The Morgan fingerprint density at radius 3 is 2.63 bits per heavy atom. The first-order chi connectivity index (χ1) is 8.85. The Labute approximate surface area is 114 Å². The second-order valence-electron chi connectivity index (χ2n) is 5.46. The van der Waals surface area contributed by atoms with E-state index in [4.69, 9.17) is 9.47 Å². The minimum absolute atomic E-state index is 0.0145. The van der Waals surface area contributed by atoms with E-state index in [1.165, 1.54) is 0 Å². The molecule has 1 heterocycles. The quantitative estimate of drug-likeness (QED) is 0.739. The lowest BCUT2D eigenvalue weighted by Gasteiger charge is -2.35. The highest BCUT2D eigenvalue weighted by Crippen LogP contribution is 2.10. The molecule has 6 nitrogen and oxygen atoms in total. The van der Waals surface area contributed by atoms with Crippen LogP contribution in [0, 0.1) is 0 Å². The van der Waals surface area contributed by atoms with Crippen molar-refractivity contribution in [2.75, 3.05) is 32.8 Å². The van der Waals surface area contributed by atoms with E-state index in [0.29, 0.717) is 26.2 Å². The van der Waals surface area contributed by atoms with Crippen LogP contribution in [0.15, 0.2) is 0 Å². The molecule has 1 saturated heterocycles. The zero-order valence-corrected chi connectivity index (χ0v) is 12.2. The van der Waals surface area contributed by atoms with Crippen molar-refractivity contribution in [2.45, 2.75) is 39.3 Å². The van der Waals surface area contributed by atoms with Gasteiger partial charge in [0.05, 0.1) is 12.2 Å². The molecule has 1 aliphatic heterocycles. The second kappa shape index (κ2) is 6.86. The summed E-state index contributed by atoms with van der Waals surface area (Å²) >= 11 is 0. The third kappa shape index (κ3) is 5.16. The number of carbonyl (C=O) groups is 2. The van der Waals surface area contributed by atoms with E-state index in [1.54, 1.807) is 11.8 Å². The molecule has 1 rings (SSSR count). The molecule has 110 valence electrons. The molecule has 1 amide bonds. The SMILES string of the molecule is CCOC(=O)C1CNCCN1C(=O)COC(C)(C)C. The number of ether oxygens (including phenoxy) is 2. The van der Waals surface area contributed by atoms with Gasteiger partial charge in [0.2, 0.25) is 5.91 Å². The minimum atomic E-state index is -0.551. The molecule has 0 aromatic carbocycles. The molecule has 0 aliphatic carbocycles. The number of carbonyl (C=O) groups excluding carboxylic acids is 2. The van der Waals surface area contributed by atoms with Gasteiger partial charge in [0, 0.05) is 19.6 Å². The maximum atomic E-state index is 12.1. The van der Waals surface area contributed by atoms with E-state index in [9.17, 15) is 9.59 Å². The fraction of sp³-hybridized carbons (Fsp3) is 0.846. The molecule has 1 aliphatic rings. The summed E-state index contributed by atoms with van der Waals surface area (Å²) in [6, 6.07) is -0.551. The van der Waals surface area contributed by atoms with Gasteiger partial charge in [-0.05, 0) is 27.7 Å². The molecule has 0 spiro atoms. The van der Waals surface area contributed by atoms with Gasteiger partial charge in [-0.25, -0.2) is 4.79 Å². The van der Waals surface area contributed by atoms with Crippen LogP contribution < -0.4 is 5.32 Å². The number of nitrogens with zero attached hydrogens (tertiary/aromatic N) is 1. The summed E-state index contributed by atoms with van der Waals surface area (Å²) in [6.07, 6.45) is 0. The van der Waals surface area contributed by atoms with E-state index < -0.39 is 6.04 Å². The molecule has 6 heteroatoms. The van der Waals surface area contributed by atoms with Crippen LogP contribution >= 0.6 is 0 Å². The highest BCUT2D eigenvalue weighted by atomic mass is 16.5. The van der Waals surface area contributed by atoms with Crippen LogP contribution in [0.2, 0.25) is 0 Å². The standard InChI is InChI=1S/C13H24N2O4/c1-5-18-12(17)10-8-14-6-7-15(10)11(16)9-19-13(2,3)4/h10,14H,5-9H2,1-4H3. The minimum Gasteiger partial charge on any atom is -0.464 e. The van der Waals surface area contributed by atoms with Crippen LogP contribution in [0.25, 0.3) is 0 Å². The number of nitrogens with one attached hydrogen (secondary N) is 1. The van der Waals surface area contributed by atoms with E-state index in [2.05, 4.69) is 5.32 Å². The number of esters is 1. The predicted molar refractivity (Wildman–Crippen MR) is 70.7 cm³/mol. The zero-order chi connectivity index (χ0) is 14.5. The molecule has 1 unspecified atom stereocenters. The molecule has 1 N–H and O–H groups in total. The van der Waals surface area contributed by atoms with Gasteiger partial charge in [0.15, 0.2) is 0 Å². The van der Waals surface area contributed by atoms with Gasteiger partial charge in [0.1, 0.15) is 12.6 Å². The van der Waals surface area contributed by atoms with Gasteiger partial charge < -0.3 is 19.7 Å². The van der Waals surface area contributed by atoms with Crippen LogP contribution in [0.5, 0.6) is 0 Å². The summed E-state index contributed by atoms with van der Waals surface area (Å²) in [7, 11) is 0. The van der Waals surface area contributed by atoms with E-state index in [-0.39, 0.29) is 24.1 Å². The first-order valence-electron chi connectivity index (χ1n) is 6.66. The first-order valence-corrected chi connectivity index (χ1v) is 6.66. The van der Waals surface area contributed by atoms with E-state index in [0.717, 1.165) is 0 Å². The lowest BCUT2D eigenvalue weighted by molar-refractivity contribution is -0.159. The van der Waals surface area contributed by atoms with Crippen LogP contribution in [-0.2, 0) is 19.1 Å². The average Bonchev–Trinajstić information content (AvgIpc) is 2.35. The Kier molecular flexibility index (Phi) is 5.75. The molecule has 0 saturated carbocycles. The number of hydrogen-bond donors (Lipinski definition) is 1. The summed E-state index contributed by atoms with van der Waals surface area (Å²) in [6.45, 7) is 9.33. The summed E-state index contributed by atoms with van der Waals surface area (Å²) in [5.74, 6) is -0.534. The van der Waals surface area contributed by atoms with Crippen LogP contribution in [-0.4, -0.2) is 61.3 Å². The van der Waals surface area contributed by atoms with E-state index in [1.807, 2.05) is 20.8 Å². The molecule has 1 fully saturated rings. The number of piperazine rings is 1. The summed E-state index contributed by atoms with van der Waals surface area (Å²) in [4.78, 5) is 25.5. The van der Waals surface area contributed by atoms with Crippen molar-refractivity contribution in [1.29, 1.82) is 0 Å².